The predicted octanol–water partition coefficient (Wildman–Crippen LogP) is 14.2. The summed E-state index contributed by atoms with van der Waals surface area (Å²) in [5.74, 6) is -0.903. The quantitative estimate of drug-likeness (QED) is 0.0306. The summed E-state index contributed by atoms with van der Waals surface area (Å²) in [6.07, 6.45) is 45.0. The van der Waals surface area contributed by atoms with Gasteiger partial charge in [-0.05, 0) is 12.8 Å². The fourth-order valence-corrected chi connectivity index (χ4v) is 8.37. The van der Waals surface area contributed by atoms with Crippen molar-refractivity contribution in [1.29, 1.82) is 0 Å². The van der Waals surface area contributed by atoms with Gasteiger partial charge in [0.1, 0.15) is 12.7 Å². The number of phosphoric acid groups is 1. The van der Waals surface area contributed by atoms with Gasteiger partial charge in [0.15, 0.2) is 6.10 Å². The number of carbonyl (C=O) groups is 2. The van der Waals surface area contributed by atoms with Crippen LogP contribution in [0.15, 0.2) is 0 Å². The molecule has 0 aliphatic heterocycles. The molecule has 0 aromatic rings. The molecule has 0 radical (unpaired) electrons. The van der Waals surface area contributed by atoms with Gasteiger partial charge in [-0.15, -0.1) is 0 Å². The number of esters is 2. The molecule has 0 amide bonds. The normalized spacial score (nSPS) is 13.6. The molecule has 0 aromatic carbocycles. The van der Waals surface area contributed by atoms with Crippen LogP contribution in [0.1, 0.15) is 264 Å². The fourth-order valence-electron chi connectivity index (χ4n) is 7.59. The highest BCUT2D eigenvalue weighted by atomic mass is 31.2. The minimum Gasteiger partial charge on any atom is -0.462 e. The molecule has 358 valence electrons. The molecule has 60 heavy (non-hydrogen) atoms. The van der Waals surface area contributed by atoms with Crippen LogP contribution in [0.4, 0.5) is 0 Å². The average Bonchev–Trinajstić information content (AvgIpc) is 3.24. The Balaban J connectivity index is 4.12. The van der Waals surface area contributed by atoms with Gasteiger partial charge < -0.3 is 24.6 Å². The highest BCUT2D eigenvalue weighted by molar-refractivity contribution is 7.47. The lowest BCUT2D eigenvalue weighted by atomic mass is 10.0. The van der Waals surface area contributed by atoms with E-state index >= 15 is 0 Å². The zero-order valence-electron chi connectivity index (χ0n) is 39.2. The largest absolute Gasteiger partial charge is 0.472 e. The lowest BCUT2D eigenvalue weighted by molar-refractivity contribution is -0.161. The first-order chi connectivity index (χ1) is 29.2. The Bertz CT molecular complexity index is 966. The van der Waals surface area contributed by atoms with Crippen LogP contribution in [-0.4, -0.2) is 65.7 Å². The molecule has 3 N–H and O–H groups in total. The van der Waals surface area contributed by atoms with E-state index < -0.39 is 51.8 Å². The van der Waals surface area contributed by atoms with Gasteiger partial charge in [-0.1, -0.05) is 239 Å². The average molecular weight is 877 g/mol. The molecule has 0 rings (SSSR count). The minimum atomic E-state index is -4.61. The molecule has 0 fully saturated rings. The summed E-state index contributed by atoms with van der Waals surface area (Å²) >= 11 is 0. The van der Waals surface area contributed by atoms with Crippen molar-refractivity contribution in [2.75, 3.05) is 26.4 Å². The molecule has 0 heterocycles. The van der Waals surface area contributed by atoms with Crippen molar-refractivity contribution >= 4 is 19.8 Å². The molecule has 0 aliphatic rings. The van der Waals surface area contributed by atoms with Crippen LogP contribution in [0.2, 0.25) is 0 Å². The molecule has 0 saturated heterocycles. The van der Waals surface area contributed by atoms with Crippen molar-refractivity contribution < 1.29 is 47.8 Å². The van der Waals surface area contributed by atoms with Gasteiger partial charge >= 0.3 is 19.8 Å². The second-order valence-corrected chi connectivity index (χ2v) is 19.0. The van der Waals surface area contributed by atoms with E-state index in [1.807, 2.05) is 0 Å². The monoisotopic (exact) mass is 877 g/mol. The molecule has 10 nitrogen and oxygen atoms in total. The van der Waals surface area contributed by atoms with Crippen molar-refractivity contribution in [2.24, 2.45) is 0 Å². The van der Waals surface area contributed by atoms with Crippen molar-refractivity contribution in [2.45, 2.75) is 276 Å². The maximum atomic E-state index is 12.7. The number of unbranched alkanes of at least 4 members (excludes halogenated alkanes) is 35. The van der Waals surface area contributed by atoms with E-state index in [1.54, 1.807) is 0 Å². The zero-order valence-corrected chi connectivity index (χ0v) is 40.1. The van der Waals surface area contributed by atoms with Crippen LogP contribution in [-0.2, 0) is 32.7 Å². The Morgan fingerprint density at radius 3 is 1.03 bits per heavy atom. The molecule has 3 atom stereocenters. The minimum absolute atomic E-state index is 0.193. The van der Waals surface area contributed by atoms with E-state index in [2.05, 4.69) is 13.8 Å². The summed E-state index contributed by atoms with van der Waals surface area (Å²) in [5, 5.41) is 18.4. The van der Waals surface area contributed by atoms with E-state index in [1.165, 1.54) is 193 Å². The van der Waals surface area contributed by atoms with Crippen molar-refractivity contribution in [3.8, 4) is 0 Å². The Morgan fingerprint density at radius 2 is 0.717 bits per heavy atom. The van der Waals surface area contributed by atoms with Crippen LogP contribution in [0.5, 0.6) is 0 Å². The van der Waals surface area contributed by atoms with Gasteiger partial charge in [-0.25, -0.2) is 4.57 Å². The van der Waals surface area contributed by atoms with Crippen molar-refractivity contribution in [3.63, 3.8) is 0 Å². The summed E-state index contributed by atoms with van der Waals surface area (Å²) < 4.78 is 32.9. The lowest BCUT2D eigenvalue weighted by Crippen LogP contribution is -2.29. The number of rotatable bonds is 49. The van der Waals surface area contributed by atoms with Crippen LogP contribution in [0.25, 0.3) is 0 Å². The van der Waals surface area contributed by atoms with E-state index in [-0.39, 0.29) is 19.4 Å². The topological polar surface area (TPSA) is 149 Å². The molecule has 1 unspecified atom stereocenters. The molecule has 0 bridgehead atoms. The third-order valence-electron chi connectivity index (χ3n) is 11.5. The maximum Gasteiger partial charge on any atom is 0.472 e. The Labute approximate surface area is 369 Å². The van der Waals surface area contributed by atoms with Crippen LogP contribution in [0, 0.1) is 0 Å². The number of aliphatic hydroxyl groups is 2. The highest BCUT2D eigenvalue weighted by Crippen LogP contribution is 2.43. The standard InChI is InChI=1S/C49H97O10P/c1-3-5-7-9-11-13-15-17-19-21-22-23-24-25-27-29-31-33-35-37-39-41-49(53)59-47(45-58-60(54,55)57-43-46(51)42-50)44-56-48(52)40-38-36-34-32-30-28-26-20-18-16-14-12-10-8-6-4-2/h46-47,50-51H,3-45H2,1-2H3,(H,54,55)/t46-,47+/m0/s1. The molecule has 0 saturated carbocycles. The summed E-state index contributed by atoms with van der Waals surface area (Å²) in [6, 6.07) is 0. The SMILES string of the molecule is CCCCCCCCCCCCCCCCCCCCCCCC(=O)O[C@H](COC(=O)CCCCCCCCCCCCCCCCCC)COP(=O)(O)OC[C@@H](O)CO. The summed E-state index contributed by atoms with van der Waals surface area (Å²) in [4.78, 5) is 35.1. The fraction of sp³-hybridized carbons (Fsp3) is 0.959. The Morgan fingerprint density at radius 1 is 0.433 bits per heavy atom. The summed E-state index contributed by atoms with van der Waals surface area (Å²) in [6.45, 7) is 2.45. The van der Waals surface area contributed by atoms with Crippen LogP contribution < -0.4 is 0 Å². The number of ether oxygens (including phenoxy) is 2. The summed E-state index contributed by atoms with van der Waals surface area (Å²) in [5.41, 5.74) is 0. The van der Waals surface area contributed by atoms with Gasteiger partial charge in [-0.2, -0.15) is 0 Å². The molecule has 0 aliphatic carbocycles. The first-order valence-corrected chi connectivity index (χ1v) is 27.0. The van der Waals surface area contributed by atoms with Crippen molar-refractivity contribution in [3.05, 3.63) is 0 Å². The molecule has 0 aromatic heterocycles. The Kier molecular flexibility index (Phi) is 45.2. The second-order valence-electron chi connectivity index (χ2n) is 17.6. The zero-order chi connectivity index (χ0) is 44.0. The van der Waals surface area contributed by atoms with Gasteiger partial charge in [-0.3, -0.25) is 18.6 Å². The van der Waals surface area contributed by atoms with Gasteiger partial charge in [0.2, 0.25) is 0 Å². The van der Waals surface area contributed by atoms with Gasteiger partial charge in [0, 0.05) is 12.8 Å². The van der Waals surface area contributed by atoms with E-state index in [0.717, 1.165) is 32.1 Å². The number of hydrogen-bond donors (Lipinski definition) is 3. The maximum absolute atomic E-state index is 12.7. The molecule has 0 spiro atoms. The first kappa shape index (κ1) is 59.0. The summed E-state index contributed by atoms with van der Waals surface area (Å²) in [7, 11) is -4.61. The van der Waals surface area contributed by atoms with Gasteiger partial charge in [0.05, 0.1) is 19.8 Å². The van der Waals surface area contributed by atoms with E-state index in [4.69, 9.17) is 23.6 Å². The third kappa shape index (κ3) is 45.0. The molecular formula is C49H97O10P. The number of aliphatic hydroxyl groups excluding tert-OH is 2. The van der Waals surface area contributed by atoms with E-state index in [9.17, 15) is 24.2 Å². The second kappa shape index (κ2) is 46.0. The number of phosphoric ester groups is 1. The van der Waals surface area contributed by atoms with E-state index in [0.29, 0.717) is 12.8 Å². The lowest BCUT2D eigenvalue weighted by Gasteiger charge is -2.20. The van der Waals surface area contributed by atoms with Crippen LogP contribution >= 0.6 is 7.82 Å². The van der Waals surface area contributed by atoms with Gasteiger partial charge in [0.25, 0.3) is 0 Å². The predicted molar refractivity (Wildman–Crippen MR) is 247 cm³/mol. The third-order valence-corrected chi connectivity index (χ3v) is 12.5. The highest BCUT2D eigenvalue weighted by Gasteiger charge is 2.27. The van der Waals surface area contributed by atoms with Crippen LogP contribution in [0.3, 0.4) is 0 Å². The number of hydrogen-bond acceptors (Lipinski definition) is 9. The first-order valence-electron chi connectivity index (χ1n) is 25.5. The van der Waals surface area contributed by atoms with Crippen molar-refractivity contribution in [1.82, 2.24) is 0 Å². The smallest absolute Gasteiger partial charge is 0.462 e. The number of carbonyl (C=O) groups excluding carboxylic acids is 2. The molecule has 11 heteroatoms. The Hall–Kier alpha value is -1.03. The molecular weight excluding hydrogens is 780 g/mol.